The van der Waals surface area contributed by atoms with Crippen molar-refractivity contribution in [2.45, 2.75) is 19.4 Å². The van der Waals surface area contributed by atoms with E-state index in [1.165, 1.54) is 0 Å². The van der Waals surface area contributed by atoms with Crippen LogP contribution in [0.25, 0.3) is 0 Å². The summed E-state index contributed by atoms with van der Waals surface area (Å²) in [7, 11) is 0. The van der Waals surface area contributed by atoms with Crippen LogP contribution >= 0.6 is 12.4 Å². The van der Waals surface area contributed by atoms with Crippen LogP contribution in [0.2, 0.25) is 0 Å². The number of carboxylic acid groups (broad SMARTS) is 1. The molecule has 4 heteroatoms. The van der Waals surface area contributed by atoms with Crippen LogP contribution in [-0.2, 0) is 0 Å². The predicted octanol–water partition coefficient (Wildman–Crippen LogP) is 2.22. The molecule has 0 aliphatic heterocycles. The minimum absolute atomic E-state index is 0. The smallest absolute Gasteiger partial charge is 0.336 e. The van der Waals surface area contributed by atoms with E-state index in [4.69, 9.17) is 10.8 Å². The maximum absolute atomic E-state index is 10.8. The summed E-state index contributed by atoms with van der Waals surface area (Å²) in [4.78, 5) is 10.8. The van der Waals surface area contributed by atoms with Gasteiger partial charge >= 0.3 is 5.97 Å². The summed E-state index contributed by atoms with van der Waals surface area (Å²) < 4.78 is 0. The molecule has 1 aromatic rings. The van der Waals surface area contributed by atoms with E-state index in [1.54, 1.807) is 24.3 Å². The Hall–Kier alpha value is -1.06. The average Bonchev–Trinajstić information content (AvgIpc) is 2.16. The van der Waals surface area contributed by atoms with Crippen molar-refractivity contribution >= 4 is 18.4 Å². The first-order valence-corrected chi connectivity index (χ1v) is 4.24. The number of halogens is 1. The van der Waals surface area contributed by atoms with Crippen molar-refractivity contribution in [2.75, 3.05) is 0 Å². The fourth-order valence-electron chi connectivity index (χ4n) is 1.24. The van der Waals surface area contributed by atoms with E-state index in [0.29, 0.717) is 11.1 Å². The van der Waals surface area contributed by atoms with Crippen molar-refractivity contribution < 1.29 is 9.90 Å². The molecular weight excluding hydrogens is 202 g/mol. The van der Waals surface area contributed by atoms with E-state index in [9.17, 15) is 4.79 Å². The molecule has 0 aromatic heterocycles. The first kappa shape index (κ1) is 12.9. The predicted molar refractivity (Wildman–Crippen MR) is 57.9 cm³/mol. The maximum atomic E-state index is 10.8. The van der Waals surface area contributed by atoms with E-state index >= 15 is 0 Å². The highest BCUT2D eigenvalue weighted by Crippen LogP contribution is 2.18. The third-order valence-corrected chi connectivity index (χ3v) is 2.03. The second-order valence-corrected chi connectivity index (χ2v) is 2.91. The second-order valence-electron chi connectivity index (χ2n) is 2.91. The van der Waals surface area contributed by atoms with Gasteiger partial charge in [-0.25, -0.2) is 4.79 Å². The summed E-state index contributed by atoms with van der Waals surface area (Å²) in [5.41, 5.74) is 6.78. The Bertz CT molecular complexity index is 315. The molecule has 1 aromatic carbocycles. The monoisotopic (exact) mass is 215 g/mol. The van der Waals surface area contributed by atoms with E-state index in [0.717, 1.165) is 6.42 Å². The second kappa shape index (κ2) is 5.62. The van der Waals surface area contributed by atoms with E-state index in [2.05, 4.69) is 0 Å². The molecule has 0 spiro atoms. The number of benzene rings is 1. The van der Waals surface area contributed by atoms with Gasteiger partial charge in [-0.15, -0.1) is 12.4 Å². The molecule has 3 nitrogen and oxygen atoms in total. The minimum atomic E-state index is -0.917. The van der Waals surface area contributed by atoms with Gasteiger partial charge in [0.2, 0.25) is 0 Å². The highest BCUT2D eigenvalue weighted by atomic mass is 35.5. The zero-order valence-electron chi connectivity index (χ0n) is 7.93. The zero-order valence-corrected chi connectivity index (χ0v) is 8.75. The molecule has 0 saturated heterocycles. The van der Waals surface area contributed by atoms with E-state index < -0.39 is 5.97 Å². The van der Waals surface area contributed by atoms with Crippen molar-refractivity contribution in [2.24, 2.45) is 5.73 Å². The lowest BCUT2D eigenvalue weighted by atomic mass is 9.99. The van der Waals surface area contributed by atoms with Crippen molar-refractivity contribution in [3.8, 4) is 0 Å². The van der Waals surface area contributed by atoms with Gasteiger partial charge in [-0.1, -0.05) is 25.1 Å². The lowest BCUT2D eigenvalue weighted by Gasteiger charge is -2.11. The molecule has 14 heavy (non-hydrogen) atoms. The SMILES string of the molecule is CCC(N)c1ccccc1C(=O)O.Cl. The molecule has 0 radical (unpaired) electrons. The van der Waals surface area contributed by atoms with Gasteiger partial charge in [-0.05, 0) is 18.1 Å². The molecule has 1 rings (SSSR count). The topological polar surface area (TPSA) is 63.3 Å². The maximum Gasteiger partial charge on any atom is 0.336 e. The lowest BCUT2D eigenvalue weighted by Crippen LogP contribution is -2.13. The third kappa shape index (κ3) is 2.72. The van der Waals surface area contributed by atoms with E-state index in [-0.39, 0.29) is 18.4 Å². The quantitative estimate of drug-likeness (QED) is 0.813. The molecule has 0 fully saturated rings. The van der Waals surface area contributed by atoms with Gasteiger partial charge in [0.15, 0.2) is 0 Å². The molecule has 0 heterocycles. The number of rotatable bonds is 3. The first-order valence-electron chi connectivity index (χ1n) is 4.24. The number of hydrogen-bond acceptors (Lipinski definition) is 2. The molecule has 78 valence electrons. The average molecular weight is 216 g/mol. The van der Waals surface area contributed by atoms with Crippen LogP contribution in [0.1, 0.15) is 35.3 Å². The van der Waals surface area contributed by atoms with Crippen LogP contribution in [0.4, 0.5) is 0 Å². The summed E-state index contributed by atoms with van der Waals surface area (Å²) in [6, 6.07) is 6.66. The Labute approximate surface area is 89.3 Å². The highest BCUT2D eigenvalue weighted by molar-refractivity contribution is 5.89. The van der Waals surface area contributed by atoms with Crippen LogP contribution in [0.3, 0.4) is 0 Å². The van der Waals surface area contributed by atoms with Gasteiger partial charge in [0.25, 0.3) is 0 Å². The normalized spacial score (nSPS) is 11.6. The molecule has 0 bridgehead atoms. The Morgan fingerprint density at radius 1 is 1.50 bits per heavy atom. The van der Waals surface area contributed by atoms with Crippen LogP contribution < -0.4 is 5.73 Å². The molecule has 1 atom stereocenters. The summed E-state index contributed by atoms with van der Waals surface area (Å²) >= 11 is 0. The van der Waals surface area contributed by atoms with Gasteiger partial charge in [0.05, 0.1) is 5.56 Å². The fourth-order valence-corrected chi connectivity index (χ4v) is 1.24. The molecule has 0 amide bonds. The number of carboxylic acids is 1. The summed E-state index contributed by atoms with van der Waals surface area (Å²) in [6.07, 6.45) is 0.740. The largest absolute Gasteiger partial charge is 0.478 e. The Morgan fingerprint density at radius 3 is 2.57 bits per heavy atom. The number of carbonyl (C=O) groups is 1. The van der Waals surface area contributed by atoms with Gasteiger partial charge in [-0.3, -0.25) is 0 Å². The van der Waals surface area contributed by atoms with Crippen LogP contribution in [0, 0.1) is 0 Å². The first-order chi connectivity index (χ1) is 6.16. The molecule has 3 N–H and O–H groups in total. The Balaban J connectivity index is 0.00000169. The third-order valence-electron chi connectivity index (χ3n) is 2.03. The highest BCUT2D eigenvalue weighted by Gasteiger charge is 2.12. The summed E-state index contributed by atoms with van der Waals surface area (Å²) in [6.45, 7) is 1.93. The molecular formula is C10H14ClNO2. The van der Waals surface area contributed by atoms with Crippen molar-refractivity contribution in [3.05, 3.63) is 35.4 Å². The Morgan fingerprint density at radius 2 is 2.07 bits per heavy atom. The Kier molecular flexibility index (Phi) is 5.20. The number of aromatic carboxylic acids is 1. The molecule has 0 aliphatic carbocycles. The van der Waals surface area contributed by atoms with Gasteiger partial charge in [0.1, 0.15) is 0 Å². The lowest BCUT2D eigenvalue weighted by molar-refractivity contribution is 0.0695. The van der Waals surface area contributed by atoms with Crippen LogP contribution in [0.15, 0.2) is 24.3 Å². The van der Waals surface area contributed by atoms with Crippen molar-refractivity contribution in [1.29, 1.82) is 0 Å². The molecule has 1 unspecified atom stereocenters. The van der Waals surface area contributed by atoms with Gasteiger partial charge < -0.3 is 10.8 Å². The molecule has 0 aliphatic rings. The number of hydrogen-bond donors (Lipinski definition) is 2. The van der Waals surface area contributed by atoms with E-state index in [1.807, 2.05) is 6.92 Å². The van der Waals surface area contributed by atoms with Gasteiger partial charge in [-0.2, -0.15) is 0 Å². The standard InChI is InChI=1S/C10H13NO2.ClH/c1-2-9(11)7-5-3-4-6-8(7)10(12)13;/h3-6,9H,2,11H2,1H3,(H,12,13);1H. The number of nitrogens with two attached hydrogens (primary N) is 1. The van der Waals surface area contributed by atoms with Crippen LogP contribution in [-0.4, -0.2) is 11.1 Å². The van der Waals surface area contributed by atoms with Crippen molar-refractivity contribution in [3.63, 3.8) is 0 Å². The van der Waals surface area contributed by atoms with Crippen LogP contribution in [0.5, 0.6) is 0 Å². The summed E-state index contributed by atoms with van der Waals surface area (Å²) in [5, 5.41) is 8.85. The van der Waals surface area contributed by atoms with Gasteiger partial charge in [0, 0.05) is 6.04 Å². The molecule has 0 saturated carbocycles. The fraction of sp³-hybridized carbons (Fsp3) is 0.300. The summed E-state index contributed by atoms with van der Waals surface area (Å²) in [5.74, 6) is -0.917. The zero-order chi connectivity index (χ0) is 9.84. The minimum Gasteiger partial charge on any atom is -0.478 e. The van der Waals surface area contributed by atoms with Crippen molar-refractivity contribution in [1.82, 2.24) is 0 Å².